The van der Waals surface area contributed by atoms with Crippen molar-refractivity contribution in [3.05, 3.63) is 58.0 Å². The van der Waals surface area contributed by atoms with Crippen LogP contribution >= 0.6 is 0 Å². The highest BCUT2D eigenvalue weighted by atomic mass is 17.2. The molecule has 1 aromatic heterocycles. The van der Waals surface area contributed by atoms with Gasteiger partial charge in [-0.3, -0.25) is 24.7 Å². The van der Waals surface area contributed by atoms with Crippen LogP contribution in [0.1, 0.15) is 12.7 Å². The first-order chi connectivity index (χ1) is 13.7. The van der Waals surface area contributed by atoms with Crippen molar-refractivity contribution in [1.29, 1.82) is 0 Å². The molecule has 1 aromatic carbocycles. The molecule has 0 atom stereocenters. The molecule has 0 radical (unpaired) electrons. The number of rotatable bonds is 4. The van der Waals surface area contributed by atoms with Gasteiger partial charge in [0, 0.05) is 37.7 Å². The van der Waals surface area contributed by atoms with E-state index >= 15 is 0 Å². The number of furan rings is 1. The van der Waals surface area contributed by atoms with E-state index in [1.54, 1.807) is 24.3 Å². The molecule has 29 heavy (non-hydrogen) atoms. The highest BCUT2D eigenvalue weighted by molar-refractivity contribution is 6.12. The standard InChI is InChI=1S/C15H12N4O4.C3H6O3/c1-18-14(20)12(17-15(18)16)8-11-6-7-13(23-11)9-2-4-10(5-3-9)19(21)22;1-3(4)6-5-2/h2-8H,1H3,(H2,16,17);1-2H3/b12-8+;. The summed E-state index contributed by atoms with van der Waals surface area (Å²) in [5.74, 6) is 0.354. The number of nitrogens with two attached hydrogens (primary N) is 1. The summed E-state index contributed by atoms with van der Waals surface area (Å²) in [6.07, 6.45) is 1.49. The predicted octanol–water partition coefficient (Wildman–Crippen LogP) is 2.09. The molecule has 0 aliphatic carbocycles. The molecule has 0 saturated carbocycles. The maximum absolute atomic E-state index is 11.9. The first-order valence-electron chi connectivity index (χ1n) is 8.12. The minimum absolute atomic E-state index is 0.00653. The molecule has 0 saturated heterocycles. The third-order valence-electron chi connectivity index (χ3n) is 3.57. The quantitative estimate of drug-likeness (QED) is 0.353. The molecule has 1 aliphatic heterocycles. The second-order valence-electron chi connectivity index (χ2n) is 5.61. The topological polar surface area (TPSA) is 150 Å². The minimum atomic E-state index is -0.466. The van der Waals surface area contributed by atoms with Crippen LogP contribution in [0, 0.1) is 10.1 Å². The van der Waals surface area contributed by atoms with Crippen LogP contribution in [0.2, 0.25) is 0 Å². The number of non-ortho nitro benzene ring substituents is 1. The molecular weight excluding hydrogens is 384 g/mol. The summed E-state index contributed by atoms with van der Waals surface area (Å²) in [7, 11) is 2.81. The van der Waals surface area contributed by atoms with Crippen LogP contribution in [0.15, 0.2) is 51.5 Å². The smallest absolute Gasteiger partial charge is 0.339 e. The SMILES string of the molecule is CN1C(=O)/C(=C\c2ccc(-c3ccc([N+](=O)[O-])cc3)o2)N=C1N.COOC(C)=O. The summed E-state index contributed by atoms with van der Waals surface area (Å²) < 4.78 is 5.62. The van der Waals surface area contributed by atoms with Crippen molar-refractivity contribution in [1.82, 2.24) is 4.90 Å². The van der Waals surface area contributed by atoms with E-state index in [2.05, 4.69) is 14.8 Å². The Bertz CT molecular complexity index is 976. The number of carbonyl (C=O) groups excluding carboxylic acids is 2. The van der Waals surface area contributed by atoms with E-state index in [4.69, 9.17) is 10.2 Å². The number of hydrogen-bond donors (Lipinski definition) is 1. The molecule has 2 heterocycles. The zero-order valence-electron chi connectivity index (χ0n) is 15.8. The summed E-state index contributed by atoms with van der Waals surface area (Å²) in [4.78, 5) is 44.8. The lowest BCUT2D eigenvalue weighted by Gasteiger charge is -2.05. The Labute approximate surface area is 165 Å². The van der Waals surface area contributed by atoms with Crippen LogP contribution in [0.25, 0.3) is 17.4 Å². The Kier molecular flexibility index (Phi) is 6.82. The van der Waals surface area contributed by atoms with Crippen LogP contribution in [0.5, 0.6) is 0 Å². The van der Waals surface area contributed by atoms with Gasteiger partial charge in [0.15, 0.2) is 0 Å². The van der Waals surface area contributed by atoms with Gasteiger partial charge in [0.2, 0.25) is 5.96 Å². The molecule has 2 aromatic rings. The number of nitro groups is 1. The van der Waals surface area contributed by atoms with E-state index in [0.717, 1.165) is 0 Å². The molecule has 1 aliphatic rings. The Morgan fingerprint density at radius 2 is 1.93 bits per heavy atom. The molecule has 0 bridgehead atoms. The van der Waals surface area contributed by atoms with Crippen LogP contribution in [-0.4, -0.2) is 41.8 Å². The zero-order valence-corrected chi connectivity index (χ0v) is 15.8. The Morgan fingerprint density at radius 1 is 1.28 bits per heavy atom. The number of carbonyl (C=O) groups is 2. The maximum atomic E-state index is 11.9. The Morgan fingerprint density at radius 3 is 2.38 bits per heavy atom. The van der Waals surface area contributed by atoms with Crippen molar-refractivity contribution < 1.29 is 28.7 Å². The first-order valence-corrected chi connectivity index (χ1v) is 8.12. The molecule has 0 unspecified atom stereocenters. The van der Waals surface area contributed by atoms with Crippen molar-refractivity contribution in [2.75, 3.05) is 14.2 Å². The zero-order chi connectivity index (χ0) is 21.6. The third kappa shape index (κ3) is 5.49. The van der Waals surface area contributed by atoms with E-state index in [-0.39, 0.29) is 23.3 Å². The molecule has 0 spiro atoms. The summed E-state index contributed by atoms with van der Waals surface area (Å²) in [5, 5.41) is 10.6. The van der Waals surface area contributed by atoms with Crippen LogP contribution in [-0.2, 0) is 19.4 Å². The van der Waals surface area contributed by atoms with Gasteiger partial charge >= 0.3 is 5.97 Å². The van der Waals surface area contributed by atoms with Gasteiger partial charge < -0.3 is 10.2 Å². The van der Waals surface area contributed by atoms with Gasteiger partial charge in [0.05, 0.1) is 12.0 Å². The van der Waals surface area contributed by atoms with E-state index in [9.17, 15) is 19.7 Å². The van der Waals surface area contributed by atoms with Crippen molar-refractivity contribution in [3.8, 4) is 11.3 Å². The maximum Gasteiger partial charge on any atom is 0.339 e. The number of benzene rings is 1. The average molecular weight is 402 g/mol. The lowest BCUT2D eigenvalue weighted by Crippen LogP contribution is -2.33. The van der Waals surface area contributed by atoms with Crippen molar-refractivity contribution in [2.24, 2.45) is 10.7 Å². The molecular formula is C18H18N4O7. The largest absolute Gasteiger partial charge is 0.457 e. The monoisotopic (exact) mass is 402 g/mol. The highest BCUT2D eigenvalue weighted by Crippen LogP contribution is 2.26. The molecule has 3 rings (SSSR count). The number of hydrogen-bond acceptors (Lipinski definition) is 9. The van der Waals surface area contributed by atoms with Crippen molar-refractivity contribution >= 4 is 29.6 Å². The summed E-state index contributed by atoms with van der Waals surface area (Å²) in [6, 6.07) is 9.38. The van der Waals surface area contributed by atoms with Gasteiger partial charge in [-0.2, -0.15) is 4.89 Å². The van der Waals surface area contributed by atoms with Crippen LogP contribution in [0.3, 0.4) is 0 Å². The van der Waals surface area contributed by atoms with Gasteiger partial charge in [0.25, 0.3) is 11.6 Å². The van der Waals surface area contributed by atoms with Crippen LogP contribution < -0.4 is 5.73 Å². The first kappa shape index (κ1) is 21.3. The molecule has 2 N–H and O–H groups in total. The van der Waals surface area contributed by atoms with Crippen molar-refractivity contribution in [3.63, 3.8) is 0 Å². The van der Waals surface area contributed by atoms with Gasteiger partial charge in [-0.1, -0.05) is 0 Å². The number of nitro benzene ring substituents is 1. The third-order valence-corrected chi connectivity index (χ3v) is 3.57. The summed E-state index contributed by atoms with van der Waals surface area (Å²) in [6.45, 7) is 1.27. The number of amides is 1. The van der Waals surface area contributed by atoms with Gasteiger partial charge in [0.1, 0.15) is 17.2 Å². The number of aliphatic imine (C=N–C) groups is 1. The molecule has 1 amide bonds. The number of nitrogens with zero attached hydrogens (tertiary/aromatic N) is 3. The lowest BCUT2D eigenvalue weighted by molar-refractivity contribution is -0.384. The summed E-state index contributed by atoms with van der Waals surface area (Å²) in [5.41, 5.74) is 6.46. The van der Waals surface area contributed by atoms with E-state index in [1.807, 2.05) is 0 Å². The minimum Gasteiger partial charge on any atom is -0.457 e. The van der Waals surface area contributed by atoms with E-state index < -0.39 is 10.9 Å². The highest BCUT2D eigenvalue weighted by Gasteiger charge is 2.25. The molecule has 11 heteroatoms. The van der Waals surface area contributed by atoms with Crippen molar-refractivity contribution in [2.45, 2.75) is 6.92 Å². The Balaban J connectivity index is 0.000000438. The van der Waals surface area contributed by atoms with E-state index in [1.165, 1.54) is 44.2 Å². The van der Waals surface area contributed by atoms with Gasteiger partial charge in [-0.05, 0) is 24.3 Å². The average Bonchev–Trinajstić information content (AvgIpc) is 3.23. The fraction of sp³-hybridized carbons (Fsp3) is 0.167. The van der Waals surface area contributed by atoms with Gasteiger partial charge in [-0.15, -0.1) is 0 Å². The summed E-state index contributed by atoms with van der Waals surface area (Å²) >= 11 is 0. The molecule has 0 fully saturated rings. The van der Waals surface area contributed by atoms with Gasteiger partial charge in [-0.25, -0.2) is 9.79 Å². The number of guanidine groups is 1. The van der Waals surface area contributed by atoms with Crippen LogP contribution in [0.4, 0.5) is 5.69 Å². The molecule has 152 valence electrons. The fourth-order valence-electron chi connectivity index (χ4n) is 2.20. The normalized spacial score (nSPS) is 14.3. The predicted molar refractivity (Wildman–Crippen MR) is 102 cm³/mol. The second-order valence-corrected chi connectivity index (χ2v) is 5.61. The second kappa shape index (κ2) is 9.28. The fourth-order valence-corrected chi connectivity index (χ4v) is 2.20. The molecule has 11 nitrogen and oxygen atoms in total. The Hall–Kier alpha value is -3.99. The number of likely N-dealkylation sites (N-methyl/N-ethyl adjacent to an activating group) is 1. The lowest BCUT2D eigenvalue weighted by atomic mass is 10.1. The van der Waals surface area contributed by atoms with E-state index in [0.29, 0.717) is 17.1 Å².